The number of aromatic amines is 1. The average molecular weight is 354 g/mol. The van der Waals surface area contributed by atoms with Gasteiger partial charge in [0, 0.05) is 12.6 Å². The minimum Gasteiger partial charge on any atom is -0.359 e. The Bertz CT molecular complexity index is 857. The second-order valence-electron chi connectivity index (χ2n) is 6.31. The fraction of sp³-hybridized carbons (Fsp3) is 0.333. The van der Waals surface area contributed by atoms with Gasteiger partial charge in [-0.25, -0.2) is 4.98 Å². The van der Waals surface area contributed by atoms with Crippen molar-refractivity contribution in [2.45, 2.75) is 33.0 Å². The number of nitrogens with zero attached hydrogens (tertiary/aromatic N) is 4. The molecular formula is C18H22N6O2. The van der Waals surface area contributed by atoms with Gasteiger partial charge in [0.15, 0.2) is 17.3 Å². The first-order valence-electron chi connectivity index (χ1n) is 8.39. The molecule has 2 heterocycles. The van der Waals surface area contributed by atoms with Gasteiger partial charge in [-0.3, -0.25) is 14.8 Å². The molecule has 0 bridgehead atoms. The third kappa shape index (κ3) is 4.54. The molecule has 0 radical (unpaired) electrons. The van der Waals surface area contributed by atoms with Crippen LogP contribution in [0, 0.1) is 6.92 Å². The van der Waals surface area contributed by atoms with Crippen LogP contribution < -0.4 is 5.32 Å². The van der Waals surface area contributed by atoms with Gasteiger partial charge in [0.2, 0.25) is 0 Å². The minimum absolute atomic E-state index is 0.243. The van der Waals surface area contributed by atoms with Gasteiger partial charge >= 0.3 is 0 Å². The highest BCUT2D eigenvalue weighted by molar-refractivity contribution is 5.92. The van der Waals surface area contributed by atoms with E-state index >= 15 is 0 Å². The highest BCUT2D eigenvalue weighted by Crippen LogP contribution is 2.12. The molecule has 0 unspecified atom stereocenters. The van der Waals surface area contributed by atoms with E-state index in [1.54, 1.807) is 13.0 Å². The number of amides is 1. The van der Waals surface area contributed by atoms with Crippen LogP contribution in [-0.4, -0.2) is 38.2 Å². The van der Waals surface area contributed by atoms with Gasteiger partial charge in [0.05, 0.1) is 12.6 Å². The van der Waals surface area contributed by atoms with Crippen molar-refractivity contribution >= 4 is 5.91 Å². The summed E-state index contributed by atoms with van der Waals surface area (Å²) in [5.74, 6) is 1.55. The van der Waals surface area contributed by atoms with Gasteiger partial charge in [-0.15, -0.1) is 0 Å². The van der Waals surface area contributed by atoms with Gasteiger partial charge < -0.3 is 9.84 Å². The molecule has 2 aromatic heterocycles. The first-order chi connectivity index (χ1) is 12.5. The lowest BCUT2D eigenvalue weighted by Crippen LogP contribution is -2.27. The fourth-order valence-electron chi connectivity index (χ4n) is 2.60. The lowest BCUT2D eigenvalue weighted by atomic mass is 10.2. The molecule has 1 amide bonds. The Balaban J connectivity index is 1.55. The molecule has 0 aliphatic heterocycles. The molecule has 1 atom stereocenters. The number of aromatic nitrogens is 4. The quantitative estimate of drug-likeness (QED) is 0.675. The number of nitrogens with one attached hydrogen (secondary N) is 2. The molecule has 136 valence electrons. The minimum atomic E-state index is -0.326. The van der Waals surface area contributed by atoms with Gasteiger partial charge in [-0.2, -0.15) is 5.10 Å². The van der Waals surface area contributed by atoms with Crippen molar-refractivity contribution in [2.75, 3.05) is 7.05 Å². The predicted molar refractivity (Wildman–Crippen MR) is 95.1 cm³/mol. The third-order valence-electron chi connectivity index (χ3n) is 3.86. The molecule has 0 saturated heterocycles. The number of rotatable bonds is 7. The molecule has 1 aromatic carbocycles. The molecule has 8 heteroatoms. The summed E-state index contributed by atoms with van der Waals surface area (Å²) in [4.78, 5) is 18.6. The Hall–Kier alpha value is -3.00. The first-order valence-corrected chi connectivity index (χ1v) is 8.39. The summed E-state index contributed by atoms with van der Waals surface area (Å²) in [6, 6.07) is 11.5. The van der Waals surface area contributed by atoms with Crippen LogP contribution >= 0.6 is 0 Å². The van der Waals surface area contributed by atoms with E-state index < -0.39 is 0 Å². The Labute approximate surface area is 151 Å². The van der Waals surface area contributed by atoms with Crippen LogP contribution in [-0.2, 0) is 13.1 Å². The second kappa shape index (κ2) is 7.92. The first kappa shape index (κ1) is 17.8. The smallest absolute Gasteiger partial charge is 0.274 e. The van der Waals surface area contributed by atoms with Crippen molar-refractivity contribution in [3.8, 4) is 0 Å². The zero-order chi connectivity index (χ0) is 18.5. The number of aryl methyl sites for hydroxylation is 1. The molecule has 2 N–H and O–H groups in total. The molecule has 8 nitrogen and oxygen atoms in total. The molecule has 0 aliphatic carbocycles. The summed E-state index contributed by atoms with van der Waals surface area (Å²) in [6.07, 6.45) is 0. The van der Waals surface area contributed by atoms with E-state index in [2.05, 4.69) is 42.7 Å². The zero-order valence-corrected chi connectivity index (χ0v) is 15.1. The second-order valence-corrected chi connectivity index (χ2v) is 6.31. The Kier molecular flexibility index (Phi) is 5.43. The van der Waals surface area contributed by atoms with E-state index in [1.165, 1.54) is 5.56 Å². The highest BCUT2D eigenvalue weighted by Gasteiger charge is 2.18. The van der Waals surface area contributed by atoms with E-state index in [0.29, 0.717) is 24.0 Å². The van der Waals surface area contributed by atoms with Crippen LogP contribution in [0.3, 0.4) is 0 Å². The van der Waals surface area contributed by atoms with Crippen LogP contribution in [0.5, 0.6) is 0 Å². The predicted octanol–water partition coefficient (Wildman–Crippen LogP) is 2.22. The molecule has 3 rings (SSSR count). The SMILES string of the molecule is Cc1nc([C@H](C)NC(=O)c2cc(CN(C)Cc3ccccc3)on2)n[nH]1. The monoisotopic (exact) mass is 354 g/mol. The molecule has 0 fully saturated rings. The van der Waals surface area contributed by atoms with E-state index in [9.17, 15) is 4.79 Å². The summed E-state index contributed by atoms with van der Waals surface area (Å²) < 4.78 is 5.30. The lowest BCUT2D eigenvalue weighted by molar-refractivity contribution is 0.0929. The third-order valence-corrected chi connectivity index (χ3v) is 3.86. The maximum atomic E-state index is 12.3. The van der Waals surface area contributed by atoms with Crippen molar-refractivity contribution in [3.05, 3.63) is 65.1 Å². The van der Waals surface area contributed by atoms with Gasteiger partial charge in [0.1, 0.15) is 5.82 Å². The standard InChI is InChI=1S/C18H22N6O2/c1-12(17-20-13(2)21-22-17)19-18(25)16-9-15(26-23-16)11-24(3)10-14-7-5-4-6-8-14/h4-9,12H,10-11H2,1-3H3,(H,19,25)(H,20,21,22)/t12-/m0/s1. The zero-order valence-electron chi connectivity index (χ0n) is 15.1. The molecular weight excluding hydrogens is 332 g/mol. The van der Waals surface area contributed by atoms with Crippen LogP contribution in [0.25, 0.3) is 0 Å². The lowest BCUT2D eigenvalue weighted by Gasteiger charge is -2.14. The van der Waals surface area contributed by atoms with E-state index in [1.807, 2.05) is 32.2 Å². The number of hydrogen-bond acceptors (Lipinski definition) is 6. The van der Waals surface area contributed by atoms with Crippen molar-refractivity contribution in [1.82, 2.24) is 30.6 Å². The van der Waals surface area contributed by atoms with E-state index in [4.69, 9.17) is 4.52 Å². The summed E-state index contributed by atoms with van der Waals surface area (Å²) >= 11 is 0. The maximum absolute atomic E-state index is 12.3. The number of carbonyl (C=O) groups is 1. The molecule has 0 saturated carbocycles. The summed E-state index contributed by atoms with van der Waals surface area (Å²) in [6.45, 7) is 4.96. The molecule has 0 spiro atoms. The van der Waals surface area contributed by atoms with Crippen LogP contribution in [0.4, 0.5) is 0 Å². The van der Waals surface area contributed by atoms with Crippen LogP contribution in [0.1, 0.15) is 46.4 Å². The Morgan fingerprint density at radius 3 is 2.77 bits per heavy atom. The molecule has 3 aromatic rings. The normalized spacial score (nSPS) is 12.3. The van der Waals surface area contributed by atoms with Crippen molar-refractivity contribution < 1.29 is 9.32 Å². The van der Waals surface area contributed by atoms with Gasteiger partial charge in [-0.1, -0.05) is 35.5 Å². The van der Waals surface area contributed by atoms with Crippen LogP contribution in [0.2, 0.25) is 0 Å². The average Bonchev–Trinajstić information content (AvgIpc) is 3.25. The summed E-state index contributed by atoms with van der Waals surface area (Å²) in [5, 5.41) is 13.5. The number of benzene rings is 1. The van der Waals surface area contributed by atoms with Crippen molar-refractivity contribution in [1.29, 1.82) is 0 Å². The number of hydrogen-bond donors (Lipinski definition) is 2. The summed E-state index contributed by atoms with van der Waals surface area (Å²) in [7, 11) is 1.99. The Morgan fingerprint density at radius 2 is 2.08 bits per heavy atom. The van der Waals surface area contributed by atoms with E-state index in [-0.39, 0.29) is 17.6 Å². The van der Waals surface area contributed by atoms with Crippen LogP contribution in [0.15, 0.2) is 40.9 Å². The van der Waals surface area contributed by atoms with Gasteiger partial charge in [-0.05, 0) is 26.5 Å². The Morgan fingerprint density at radius 1 is 1.31 bits per heavy atom. The molecule has 26 heavy (non-hydrogen) atoms. The highest BCUT2D eigenvalue weighted by atomic mass is 16.5. The van der Waals surface area contributed by atoms with Gasteiger partial charge in [0.25, 0.3) is 5.91 Å². The van der Waals surface area contributed by atoms with Crippen molar-refractivity contribution in [2.24, 2.45) is 0 Å². The topological polar surface area (TPSA) is 99.9 Å². The summed E-state index contributed by atoms with van der Waals surface area (Å²) in [5.41, 5.74) is 1.45. The fourth-order valence-corrected chi connectivity index (χ4v) is 2.60. The maximum Gasteiger partial charge on any atom is 0.274 e. The number of carbonyl (C=O) groups excluding carboxylic acids is 1. The largest absolute Gasteiger partial charge is 0.359 e. The van der Waals surface area contributed by atoms with E-state index in [0.717, 1.165) is 6.54 Å². The number of H-pyrrole nitrogens is 1. The van der Waals surface area contributed by atoms with Crippen molar-refractivity contribution in [3.63, 3.8) is 0 Å². The molecule has 0 aliphatic rings.